The highest BCUT2D eigenvalue weighted by atomic mass is 35.5. The van der Waals surface area contributed by atoms with Gasteiger partial charge in [-0.2, -0.15) is 10.1 Å². The average Bonchev–Trinajstić information content (AvgIpc) is 2.70. The van der Waals surface area contributed by atoms with Crippen LogP contribution in [0.5, 0.6) is 0 Å². The molecule has 1 unspecified atom stereocenters. The van der Waals surface area contributed by atoms with E-state index < -0.39 is 11.9 Å². The van der Waals surface area contributed by atoms with Crippen LogP contribution < -0.4 is 5.73 Å². The molecule has 7 heteroatoms. The van der Waals surface area contributed by atoms with Gasteiger partial charge in [0, 0.05) is 12.1 Å². The summed E-state index contributed by atoms with van der Waals surface area (Å²) < 4.78 is 6.50. The van der Waals surface area contributed by atoms with Crippen LogP contribution in [0.25, 0.3) is 0 Å². The minimum atomic E-state index is -0.739. The van der Waals surface area contributed by atoms with Gasteiger partial charge in [-0.25, -0.2) is 4.68 Å². The van der Waals surface area contributed by atoms with Gasteiger partial charge in [0.25, 0.3) is 0 Å². The molecule has 0 aliphatic carbocycles. The topological polar surface area (TPSA) is 83.0 Å². The van der Waals surface area contributed by atoms with Crippen LogP contribution in [0.1, 0.15) is 24.2 Å². The molecule has 6 nitrogen and oxygen atoms in total. The van der Waals surface area contributed by atoms with Crippen LogP contribution in [0.2, 0.25) is 5.02 Å². The van der Waals surface area contributed by atoms with E-state index in [1.54, 1.807) is 38.2 Å². The van der Waals surface area contributed by atoms with Crippen LogP contribution >= 0.6 is 11.6 Å². The van der Waals surface area contributed by atoms with Crippen molar-refractivity contribution in [3.05, 3.63) is 40.7 Å². The number of carbonyl (C=O) groups excluding carboxylic acids is 1. The number of carbonyl (C=O) groups is 1. The molecule has 0 aliphatic rings. The lowest BCUT2D eigenvalue weighted by molar-refractivity contribution is -0.144. The fourth-order valence-corrected chi connectivity index (χ4v) is 2.04. The Kier molecular flexibility index (Phi) is 4.24. The monoisotopic (exact) mass is 294 g/mol. The second-order valence-electron chi connectivity index (χ2n) is 4.19. The lowest BCUT2D eigenvalue weighted by atomic mass is 9.98. The van der Waals surface area contributed by atoms with Crippen LogP contribution in [0.3, 0.4) is 0 Å². The Morgan fingerprint density at radius 1 is 1.55 bits per heavy atom. The highest BCUT2D eigenvalue weighted by Gasteiger charge is 2.29. The van der Waals surface area contributed by atoms with Crippen molar-refractivity contribution < 1.29 is 9.53 Å². The van der Waals surface area contributed by atoms with Crippen LogP contribution in [0.15, 0.2) is 24.3 Å². The second kappa shape index (κ2) is 5.92. The van der Waals surface area contributed by atoms with Crippen LogP contribution in [0.4, 0.5) is 5.95 Å². The molecule has 20 heavy (non-hydrogen) atoms. The molecule has 0 spiro atoms. The summed E-state index contributed by atoms with van der Waals surface area (Å²) in [5, 5.41) is 4.68. The minimum Gasteiger partial charge on any atom is -0.465 e. The first-order valence-electron chi connectivity index (χ1n) is 6.11. The number of ether oxygens (including phenoxy) is 1. The summed E-state index contributed by atoms with van der Waals surface area (Å²) in [6, 6.07) is 6.96. The summed E-state index contributed by atoms with van der Waals surface area (Å²) in [7, 11) is 1.66. The maximum atomic E-state index is 12.2. The summed E-state index contributed by atoms with van der Waals surface area (Å²) in [6.07, 6.45) is 0. The Bertz CT molecular complexity index is 607. The van der Waals surface area contributed by atoms with Crippen molar-refractivity contribution in [2.75, 3.05) is 12.3 Å². The molecule has 1 aromatic carbocycles. The minimum absolute atomic E-state index is 0.233. The molecular weight excluding hydrogens is 280 g/mol. The number of aromatic nitrogens is 3. The normalized spacial score (nSPS) is 12.2. The van der Waals surface area contributed by atoms with Gasteiger partial charge in [0.1, 0.15) is 5.92 Å². The van der Waals surface area contributed by atoms with Gasteiger partial charge in [-0.1, -0.05) is 23.7 Å². The van der Waals surface area contributed by atoms with Crippen LogP contribution in [-0.2, 0) is 16.6 Å². The van der Waals surface area contributed by atoms with Gasteiger partial charge in [-0.15, -0.1) is 0 Å². The fourth-order valence-electron chi connectivity index (χ4n) is 1.84. The summed E-state index contributed by atoms with van der Waals surface area (Å²) in [5.74, 6) is -0.639. The average molecular weight is 295 g/mol. The van der Waals surface area contributed by atoms with E-state index in [0.717, 1.165) is 0 Å². The van der Waals surface area contributed by atoms with E-state index in [1.807, 2.05) is 0 Å². The summed E-state index contributed by atoms with van der Waals surface area (Å²) >= 11 is 5.97. The largest absolute Gasteiger partial charge is 0.465 e. The number of nitrogen functional groups attached to an aromatic ring is 1. The zero-order chi connectivity index (χ0) is 14.7. The Morgan fingerprint density at radius 2 is 2.30 bits per heavy atom. The third kappa shape index (κ3) is 2.91. The van der Waals surface area contributed by atoms with Gasteiger partial charge in [-0.05, 0) is 24.6 Å². The highest BCUT2D eigenvalue weighted by molar-refractivity contribution is 6.30. The van der Waals surface area contributed by atoms with Crippen molar-refractivity contribution in [1.29, 1.82) is 0 Å². The number of nitrogens with two attached hydrogens (primary N) is 1. The summed E-state index contributed by atoms with van der Waals surface area (Å²) in [5.41, 5.74) is 6.34. The molecule has 106 valence electrons. The van der Waals surface area contributed by atoms with Crippen molar-refractivity contribution in [1.82, 2.24) is 14.8 Å². The quantitative estimate of drug-likeness (QED) is 0.869. The van der Waals surface area contributed by atoms with Gasteiger partial charge < -0.3 is 10.5 Å². The number of hydrogen-bond donors (Lipinski definition) is 1. The van der Waals surface area contributed by atoms with E-state index in [0.29, 0.717) is 16.4 Å². The molecule has 0 fully saturated rings. The van der Waals surface area contributed by atoms with Crippen molar-refractivity contribution >= 4 is 23.5 Å². The highest BCUT2D eigenvalue weighted by Crippen LogP contribution is 2.26. The third-order valence-corrected chi connectivity index (χ3v) is 3.01. The first kappa shape index (κ1) is 14.3. The zero-order valence-electron chi connectivity index (χ0n) is 11.2. The standard InChI is InChI=1S/C13H15ClN4O2/c1-3-20-12(19)10(8-5-4-6-9(14)7-8)11-16-13(15)18(2)17-11/h4-7,10H,3H2,1-2H3,(H2,15,16,17). The third-order valence-electron chi connectivity index (χ3n) is 2.78. The molecule has 1 aromatic heterocycles. The molecule has 0 radical (unpaired) electrons. The molecule has 0 aliphatic heterocycles. The molecule has 2 rings (SSSR count). The number of halogens is 1. The van der Waals surface area contributed by atoms with E-state index >= 15 is 0 Å². The maximum absolute atomic E-state index is 12.2. The molecule has 0 saturated heterocycles. The smallest absolute Gasteiger partial charge is 0.321 e. The number of esters is 1. The Labute approximate surface area is 121 Å². The SMILES string of the molecule is CCOC(=O)C(c1cccc(Cl)c1)c1nc(N)n(C)n1. The zero-order valence-corrected chi connectivity index (χ0v) is 12.0. The summed E-state index contributed by atoms with van der Waals surface area (Å²) in [4.78, 5) is 16.3. The predicted octanol–water partition coefficient (Wildman–Crippen LogP) is 1.75. The van der Waals surface area contributed by atoms with Crippen molar-refractivity contribution in [3.8, 4) is 0 Å². The Morgan fingerprint density at radius 3 is 2.85 bits per heavy atom. The number of rotatable bonds is 4. The van der Waals surface area contributed by atoms with Crippen molar-refractivity contribution in [3.63, 3.8) is 0 Å². The molecule has 0 bridgehead atoms. The van der Waals surface area contributed by atoms with Gasteiger partial charge >= 0.3 is 5.97 Å². The van der Waals surface area contributed by atoms with E-state index in [-0.39, 0.29) is 12.6 Å². The number of nitrogens with zero attached hydrogens (tertiary/aromatic N) is 3. The van der Waals surface area contributed by atoms with Gasteiger partial charge in [0.15, 0.2) is 5.82 Å². The van der Waals surface area contributed by atoms with Gasteiger partial charge in [0.2, 0.25) is 5.95 Å². The fraction of sp³-hybridized carbons (Fsp3) is 0.308. The molecular formula is C13H15ClN4O2. The van der Waals surface area contributed by atoms with E-state index in [2.05, 4.69) is 10.1 Å². The molecule has 1 heterocycles. The molecule has 0 amide bonds. The van der Waals surface area contributed by atoms with E-state index in [1.165, 1.54) is 4.68 Å². The molecule has 2 N–H and O–H groups in total. The van der Waals surface area contributed by atoms with Crippen LogP contribution in [0, 0.1) is 0 Å². The van der Waals surface area contributed by atoms with E-state index in [9.17, 15) is 4.79 Å². The number of benzene rings is 1. The van der Waals surface area contributed by atoms with Crippen molar-refractivity contribution in [2.24, 2.45) is 7.05 Å². The second-order valence-corrected chi connectivity index (χ2v) is 4.63. The maximum Gasteiger partial charge on any atom is 0.321 e. The van der Waals surface area contributed by atoms with Crippen LogP contribution in [-0.4, -0.2) is 27.3 Å². The van der Waals surface area contributed by atoms with Gasteiger partial charge in [0.05, 0.1) is 6.61 Å². The molecule has 0 saturated carbocycles. The number of aryl methyl sites for hydroxylation is 1. The lowest BCUT2D eigenvalue weighted by Crippen LogP contribution is -2.19. The van der Waals surface area contributed by atoms with E-state index in [4.69, 9.17) is 22.1 Å². The lowest BCUT2D eigenvalue weighted by Gasteiger charge is -2.13. The molecule has 1 atom stereocenters. The first-order valence-corrected chi connectivity index (χ1v) is 6.49. The summed E-state index contributed by atoms with van der Waals surface area (Å²) in [6.45, 7) is 2.02. The van der Waals surface area contributed by atoms with Crippen molar-refractivity contribution in [2.45, 2.75) is 12.8 Å². The predicted molar refractivity (Wildman–Crippen MR) is 75.3 cm³/mol. The number of hydrogen-bond acceptors (Lipinski definition) is 5. The van der Waals surface area contributed by atoms with Gasteiger partial charge in [-0.3, -0.25) is 4.79 Å². The number of anilines is 1. The first-order chi connectivity index (χ1) is 9.52. The Hall–Kier alpha value is -2.08. The molecule has 2 aromatic rings. The Balaban J connectivity index is 2.47.